The van der Waals surface area contributed by atoms with Crippen LogP contribution in [0.1, 0.15) is 28.9 Å². The number of aromatic nitrogens is 1. The molecule has 1 aliphatic rings. The number of thioether (sulfide) groups is 1. The molecule has 4 nitrogen and oxygen atoms in total. The number of hydrogen-bond donors (Lipinski definition) is 2. The maximum Gasteiger partial charge on any atom is 0.253 e. The monoisotopic (exact) mass is 251 g/mol. The van der Waals surface area contributed by atoms with Crippen molar-refractivity contribution in [1.82, 2.24) is 10.3 Å². The Hall–Kier alpha value is -1.23. The third kappa shape index (κ3) is 2.72. The molecule has 1 aromatic heterocycles. The average molecular weight is 251 g/mol. The Morgan fingerprint density at radius 1 is 1.65 bits per heavy atom. The number of rotatable bonds is 4. The van der Waals surface area contributed by atoms with Crippen molar-refractivity contribution >= 4 is 23.4 Å². The lowest BCUT2D eigenvalue weighted by Gasteiger charge is -2.13. The number of aryl methyl sites for hydroxylation is 1. The Labute approximate surface area is 105 Å². The first-order valence-electron chi connectivity index (χ1n) is 5.62. The smallest absolute Gasteiger partial charge is 0.253 e. The second-order valence-corrected chi connectivity index (χ2v) is 5.75. The van der Waals surface area contributed by atoms with E-state index < -0.39 is 0 Å². The van der Waals surface area contributed by atoms with Crippen LogP contribution in [-0.4, -0.2) is 28.4 Å². The molecule has 3 N–H and O–H groups in total. The van der Waals surface area contributed by atoms with Gasteiger partial charge in [0.05, 0.1) is 23.1 Å². The normalized spacial score (nSPS) is 16.6. The number of anilines is 1. The summed E-state index contributed by atoms with van der Waals surface area (Å²) in [5.74, 6) is -0.0809. The van der Waals surface area contributed by atoms with Crippen molar-refractivity contribution in [2.75, 3.05) is 18.5 Å². The number of nitrogens with two attached hydrogens (primary N) is 1. The Morgan fingerprint density at radius 2 is 2.35 bits per heavy atom. The summed E-state index contributed by atoms with van der Waals surface area (Å²) in [4.78, 5) is 16.1. The van der Waals surface area contributed by atoms with Crippen molar-refractivity contribution in [2.45, 2.75) is 24.5 Å². The average Bonchev–Trinajstić information content (AvgIpc) is 3.10. The Balaban J connectivity index is 2.02. The molecular formula is C12H17N3OS. The van der Waals surface area contributed by atoms with Crippen LogP contribution in [0.4, 0.5) is 5.69 Å². The van der Waals surface area contributed by atoms with Gasteiger partial charge in [-0.25, -0.2) is 0 Å². The highest BCUT2D eigenvalue weighted by molar-refractivity contribution is 8.00. The van der Waals surface area contributed by atoms with Crippen molar-refractivity contribution in [1.29, 1.82) is 0 Å². The zero-order valence-electron chi connectivity index (χ0n) is 10.1. The first kappa shape index (κ1) is 12.2. The largest absolute Gasteiger partial charge is 0.397 e. The van der Waals surface area contributed by atoms with Crippen LogP contribution in [0.5, 0.6) is 0 Å². The van der Waals surface area contributed by atoms with E-state index in [1.807, 2.05) is 18.7 Å². The topological polar surface area (TPSA) is 68.0 Å². The molecule has 1 fully saturated rings. The SMILES string of the molecule is CSC1(CNC(=O)c2cc(N)cnc2C)CC1. The fraction of sp³-hybridized carbons (Fsp3) is 0.500. The molecule has 0 aliphatic heterocycles. The lowest BCUT2D eigenvalue weighted by atomic mass is 10.2. The van der Waals surface area contributed by atoms with Crippen molar-refractivity contribution in [2.24, 2.45) is 0 Å². The van der Waals surface area contributed by atoms with Gasteiger partial charge in [-0.2, -0.15) is 11.8 Å². The standard InChI is InChI=1S/C12H17N3OS/c1-8-10(5-9(13)6-14-8)11(16)15-7-12(17-2)3-4-12/h5-6H,3-4,7,13H2,1-2H3,(H,15,16). The summed E-state index contributed by atoms with van der Waals surface area (Å²) >= 11 is 1.83. The van der Waals surface area contributed by atoms with Crippen LogP contribution in [0.3, 0.4) is 0 Å². The highest BCUT2D eigenvalue weighted by atomic mass is 32.2. The van der Waals surface area contributed by atoms with Crippen LogP contribution in [0.25, 0.3) is 0 Å². The van der Waals surface area contributed by atoms with E-state index in [0.29, 0.717) is 16.9 Å². The third-order valence-electron chi connectivity index (χ3n) is 3.16. The third-order valence-corrected chi connectivity index (χ3v) is 4.58. The molecule has 17 heavy (non-hydrogen) atoms. The molecule has 1 aromatic rings. The molecule has 0 radical (unpaired) electrons. The van der Waals surface area contributed by atoms with Crippen LogP contribution in [-0.2, 0) is 0 Å². The number of hydrogen-bond acceptors (Lipinski definition) is 4. The van der Waals surface area contributed by atoms with E-state index >= 15 is 0 Å². The highest BCUT2D eigenvalue weighted by Crippen LogP contribution is 2.46. The van der Waals surface area contributed by atoms with Gasteiger partial charge < -0.3 is 11.1 Å². The molecule has 1 amide bonds. The zero-order valence-corrected chi connectivity index (χ0v) is 10.9. The number of pyridine rings is 1. The molecule has 0 saturated heterocycles. The maximum absolute atomic E-state index is 12.0. The number of nitrogens with one attached hydrogen (secondary N) is 1. The van der Waals surface area contributed by atoms with Crippen LogP contribution >= 0.6 is 11.8 Å². The highest BCUT2D eigenvalue weighted by Gasteiger charge is 2.42. The second-order valence-electron chi connectivity index (χ2n) is 4.47. The van der Waals surface area contributed by atoms with Crippen molar-refractivity contribution < 1.29 is 4.79 Å². The van der Waals surface area contributed by atoms with Crippen LogP contribution in [0.15, 0.2) is 12.3 Å². The van der Waals surface area contributed by atoms with Gasteiger partial charge in [0, 0.05) is 11.3 Å². The minimum Gasteiger partial charge on any atom is -0.397 e. The van der Waals surface area contributed by atoms with Crippen molar-refractivity contribution in [3.05, 3.63) is 23.5 Å². The Bertz CT molecular complexity index is 443. The molecule has 1 saturated carbocycles. The maximum atomic E-state index is 12.0. The first-order valence-corrected chi connectivity index (χ1v) is 6.84. The molecule has 92 valence electrons. The van der Waals surface area contributed by atoms with Crippen molar-refractivity contribution in [3.8, 4) is 0 Å². The molecule has 0 atom stereocenters. The summed E-state index contributed by atoms with van der Waals surface area (Å²) in [6, 6.07) is 1.68. The molecule has 1 aliphatic carbocycles. The van der Waals surface area contributed by atoms with E-state index in [0.717, 1.165) is 6.54 Å². The number of carbonyl (C=O) groups is 1. The zero-order chi connectivity index (χ0) is 12.5. The molecule has 0 bridgehead atoms. The molecular weight excluding hydrogens is 234 g/mol. The van der Waals surface area contributed by atoms with E-state index in [2.05, 4.69) is 16.6 Å². The summed E-state index contributed by atoms with van der Waals surface area (Å²) in [6.07, 6.45) is 6.02. The van der Waals surface area contributed by atoms with E-state index in [4.69, 9.17) is 5.73 Å². The van der Waals surface area contributed by atoms with Crippen LogP contribution in [0, 0.1) is 6.92 Å². The second kappa shape index (κ2) is 4.56. The van der Waals surface area contributed by atoms with Gasteiger partial charge in [-0.15, -0.1) is 0 Å². The van der Waals surface area contributed by atoms with E-state index in [1.54, 1.807) is 12.3 Å². The fourth-order valence-electron chi connectivity index (χ4n) is 1.71. The van der Waals surface area contributed by atoms with Gasteiger partial charge >= 0.3 is 0 Å². The van der Waals surface area contributed by atoms with Gasteiger partial charge in [0.25, 0.3) is 5.91 Å². The van der Waals surface area contributed by atoms with Gasteiger partial charge in [-0.05, 0) is 32.1 Å². The predicted octanol–water partition coefficient (Wildman–Crippen LogP) is 1.60. The number of carbonyl (C=O) groups excluding carboxylic acids is 1. The van der Waals surface area contributed by atoms with E-state index in [9.17, 15) is 4.79 Å². The Kier molecular flexibility index (Phi) is 3.28. The Morgan fingerprint density at radius 3 is 2.94 bits per heavy atom. The molecule has 5 heteroatoms. The predicted molar refractivity (Wildman–Crippen MR) is 71.2 cm³/mol. The van der Waals surface area contributed by atoms with E-state index in [-0.39, 0.29) is 10.7 Å². The summed E-state index contributed by atoms with van der Waals surface area (Å²) in [6.45, 7) is 2.54. The summed E-state index contributed by atoms with van der Waals surface area (Å²) in [5, 5.41) is 2.97. The number of nitrogen functional groups attached to an aromatic ring is 1. The van der Waals surface area contributed by atoms with E-state index in [1.165, 1.54) is 12.8 Å². The minimum absolute atomic E-state index is 0.0809. The van der Waals surface area contributed by atoms with Gasteiger partial charge in [0.15, 0.2) is 0 Å². The summed E-state index contributed by atoms with van der Waals surface area (Å²) in [7, 11) is 0. The number of nitrogens with zero attached hydrogens (tertiary/aromatic N) is 1. The summed E-state index contributed by atoms with van der Waals surface area (Å²) < 4.78 is 0.275. The molecule has 0 unspecified atom stereocenters. The molecule has 1 heterocycles. The fourth-order valence-corrected chi connectivity index (χ4v) is 2.44. The van der Waals surface area contributed by atoms with Gasteiger partial charge in [-0.1, -0.05) is 0 Å². The minimum atomic E-state index is -0.0809. The van der Waals surface area contributed by atoms with Crippen LogP contribution in [0.2, 0.25) is 0 Å². The quantitative estimate of drug-likeness (QED) is 0.853. The van der Waals surface area contributed by atoms with Crippen LogP contribution < -0.4 is 11.1 Å². The van der Waals surface area contributed by atoms with Gasteiger partial charge in [0.2, 0.25) is 0 Å². The molecule has 0 aromatic carbocycles. The first-order chi connectivity index (χ1) is 8.06. The van der Waals surface area contributed by atoms with Crippen molar-refractivity contribution in [3.63, 3.8) is 0 Å². The molecule has 0 spiro atoms. The lowest BCUT2D eigenvalue weighted by Crippen LogP contribution is -2.32. The lowest BCUT2D eigenvalue weighted by molar-refractivity contribution is 0.0952. The van der Waals surface area contributed by atoms with Gasteiger partial charge in [-0.3, -0.25) is 9.78 Å². The molecule has 2 rings (SSSR count). The van der Waals surface area contributed by atoms with Gasteiger partial charge in [0.1, 0.15) is 0 Å². The number of amides is 1. The summed E-state index contributed by atoms with van der Waals surface area (Å²) in [5.41, 5.74) is 7.44.